The molecule has 0 saturated carbocycles. The SMILES string of the molecule is CC(C)C(NCCS(C)(=O)=O)c1cccs1. The van der Waals surface area contributed by atoms with E-state index in [1.54, 1.807) is 11.3 Å². The van der Waals surface area contributed by atoms with Crippen molar-refractivity contribution in [2.45, 2.75) is 19.9 Å². The maximum absolute atomic E-state index is 11.0. The molecule has 0 saturated heterocycles. The van der Waals surface area contributed by atoms with Gasteiger partial charge in [0.25, 0.3) is 0 Å². The van der Waals surface area contributed by atoms with Crippen LogP contribution in [0.2, 0.25) is 0 Å². The van der Waals surface area contributed by atoms with E-state index in [0.29, 0.717) is 12.5 Å². The number of rotatable bonds is 6. The highest BCUT2D eigenvalue weighted by Gasteiger charge is 2.16. The second kappa shape index (κ2) is 5.80. The zero-order valence-electron chi connectivity index (χ0n) is 9.93. The van der Waals surface area contributed by atoms with Gasteiger partial charge in [-0.1, -0.05) is 19.9 Å². The fraction of sp³-hybridized carbons (Fsp3) is 0.636. The molecule has 0 fully saturated rings. The molecule has 16 heavy (non-hydrogen) atoms. The summed E-state index contributed by atoms with van der Waals surface area (Å²) in [6.45, 7) is 4.79. The van der Waals surface area contributed by atoms with Crippen molar-refractivity contribution in [2.24, 2.45) is 5.92 Å². The van der Waals surface area contributed by atoms with E-state index in [-0.39, 0.29) is 11.8 Å². The van der Waals surface area contributed by atoms with Crippen molar-refractivity contribution < 1.29 is 8.42 Å². The summed E-state index contributed by atoms with van der Waals surface area (Å²) in [5, 5.41) is 5.35. The first-order chi connectivity index (χ1) is 7.40. The van der Waals surface area contributed by atoms with Gasteiger partial charge < -0.3 is 5.32 Å². The molecule has 1 heterocycles. The maximum atomic E-state index is 11.0. The van der Waals surface area contributed by atoms with Crippen LogP contribution in [0.15, 0.2) is 17.5 Å². The van der Waals surface area contributed by atoms with Crippen LogP contribution in [0.4, 0.5) is 0 Å². The summed E-state index contributed by atoms with van der Waals surface area (Å²) in [5.74, 6) is 0.653. The molecule has 0 amide bonds. The standard InChI is InChI=1S/C11H19NO2S2/c1-9(2)11(10-5-4-7-15-10)12-6-8-16(3,13)14/h4-5,7,9,11-12H,6,8H2,1-3H3. The topological polar surface area (TPSA) is 46.2 Å². The first-order valence-electron chi connectivity index (χ1n) is 5.34. The smallest absolute Gasteiger partial charge is 0.148 e. The highest BCUT2D eigenvalue weighted by atomic mass is 32.2. The Morgan fingerprint density at radius 1 is 1.44 bits per heavy atom. The molecule has 0 aliphatic rings. The van der Waals surface area contributed by atoms with Gasteiger partial charge in [-0.3, -0.25) is 0 Å². The Morgan fingerprint density at radius 3 is 2.56 bits per heavy atom. The molecule has 3 nitrogen and oxygen atoms in total. The van der Waals surface area contributed by atoms with E-state index in [9.17, 15) is 8.42 Å². The molecule has 0 aromatic carbocycles. The summed E-state index contributed by atoms with van der Waals surface area (Å²) < 4.78 is 22.1. The van der Waals surface area contributed by atoms with E-state index < -0.39 is 9.84 Å². The highest BCUT2D eigenvalue weighted by Crippen LogP contribution is 2.25. The van der Waals surface area contributed by atoms with E-state index in [1.807, 2.05) is 11.4 Å². The lowest BCUT2D eigenvalue weighted by atomic mass is 10.0. The Hall–Kier alpha value is -0.390. The number of nitrogens with one attached hydrogen (secondary N) is 1. The van der Waals surface area contributed by atoms with E-state index in [2.05, 4.69) is 25.2 Å². The molecule has 1 aromatic rings. The quantitative estimate of drug-likeness (QED) is 0.853. The molecule has 0 aliphatic heterocycles. The first-order valence-corrected chi connectivity index (χ1v) is 8.28. The molecule has 1 N–H and O–H groups in total. The number of hydrogen-bond donors (Lipinski definition) is 1. The third-order valence-corrected chi connectivity index (χ3v) is 4.25. The van der Waals surface area contributed by atoms with Crippen LogP contribution in [0, 0.1) is 5.92 Å². The second-order valence-electron chi connectivity index (χ2n) is 4.32. The molecule has 5 heteroatoms. The van der Waals surface area contributed by atoms with E-state index in [1.165, 1.54) is 11.1 Å². The Labute approximate surface area is 102 Å². The molecule has 92 valence electrons. The first kappa shape index (κ1) is 13.7. The van der Waals surface area contributed by atoms with Crippen molar-refractivity contribution >= 4 is 21.2 Å². The van der Waals surface area contributed by atoms with E-state index in [0.717, 1.165) is 0 Å². The summed E-state index contributed by atoms with van der Waals surface area (Å²) in [4.78, 5) is 1.27. The Balaban J connectivity index is 2.54. The number of thiophene rings is 1. The van der Waals surface area contributed by atoms with Gasteiger partial charge >= 0.3 is 0 Å². The summed E-state index contributed by atoms with van der Waals surface area (Å²) in [5.41, 5.74) is 0. The second-order valence-corrected chi connectivity index (χ2v) is 7.56. The van der Waals surface area contributed by atoms with Crippen molar-refractivity contribution in [1.29, 1.82) is 0 Å². The zero-order chi connectivity index (χ0) is 12.2. The average Bonchev–Trinajstić information content (AvgIpc) is 2.62. The van der Waals surface area contributed by atoms with Crippen LogP contribution in [0.5, 0.6) is 0 Å². The average molecular weight is 261 g/mol. The normalized spacial score (nSPS) is 14.2. The Bertz CT molecular complexity index is 396. The van der Waals surface area contributed by atoms with Crippen LogP contribution in [0.1, 0.15) is 24.8 Å². The fourth-order valence-corrected chi connectivity index (χ4v) is 3.00. The summed E-state index contributed by atoms with van der Waals surface area (Å²) in [6.07, 6.45) is 1.27. The van der Waals surface area contributed by atoms with Gasteiger partial charge in [-0.25, -0.2) is 8.42 Å². The predicted molar refractivity (Wildman–Crippen MR) is 69.6 cm³/mol. The molecule has 1 atom stereocenters. The lowest BCUT2D eigenvalue weighted by molar-refractivity contribution is 0.427. The zero-order valence-corrected chi connectivity index (χ0v) is 11.6. The van der Waals surface area contributed by atoms with Crippen LogP contribution >= 0.6 is 11.3 Å². The largest absolute Gasteiger partial charge is 0.308 e. The molecular weight excluding hydrogens is 242 g/mol. The third-order valence-electron chi connectivity index (χ3n) is 2.35. The molecular formula is C11H19NO2S2. The molecule has 0 spiro atoms. The van der Waals surface area contributed by atoms with Gasteiger partial charge in [-0.2, -0.15) is 0 Å². The number of hydrogen-bond acceptors (Lipinski definition) is 4. The van der Waals surface area contributed by atoms with Gasteiger partial charge in [0.15, 0.2) is 0 Å². The molecule has 1 aromatic heterocycles. The summed E-state index contributed by atoms with van der Waals surface area (Å²) in [7, 11) is -2.87. The van der Waals surface area contributed by atoms with Gasteiger partial charge in [-0.05, 0) is 17.4 Å². The monoisotopic (exact) mass is 261 g/mol. The van der Waals surface area contributed by atoms with Gasteiger partial charge in [0.2, 0.25) is 0 Å². The minimum Gasteiger partial charge on any atom is -0.308 e. The van der Waals surface area contributed by atoms with Gasteiger partial charge in [0.1, 0.15) is 9.84 Å². The van der Waals surface area contributed by atoms with Gasteiger partial charge in [0.05, 0.1) is 5.75 Å². The molecule has 0 aliphatic carbocycles. The molecule has 1 unspecified atom stereocenters. The van der Waals surface area contributed by atoms with Crippen molar-refractivity contribution in [2.75, 3.05) is 18.6 Å². The van der Waals surface area contributed by atoms with Crippen LogP contribution < -0.4 is 5.32 Å². The van der Waals surface area contributed by atoms with E-state index >= 15 is 0 Å². The summed E-state index contributed by atoms with van der Waals surface area (Å²) in [6, 6.07) is 4.36. The Kier molecular flexibility index (Phi) is 4.95. The highest BCUT2D eigenvalue weighted by molar-refractivity contribution is 7.90. The van der Waals surface area contributed by atoms with Crippen LogP contribution in [-0.4, -0.2) is 27.0 Å². The molecule has 1 rings (SSSR count). The van der Waals surface area contributed by atoms with E-state index in [4.69, 9.17) is 0 Å². The lowest BCUT2D eigenvalue weighted by Gasteiger charge is -2.21. The maximum Gasteiger partial charge on any atom is 0.148 e. The third kappa shape index (κ3) is 4.63. The van der Waals surface area contributed by atoms with Gasteiger partial charge in [0, 0.05) is 23.7 Å². The minimum atomic E-state index is -2.87. The molecule has 0 radical (unpaired) electrons. The van der Waals surface area contributed by atoms with Crippen molar-refractivity contribution in [3.05, 3.63) is 22.4 Å². The Morgan fingerprint density at radius 2 is 2.12 bits per heavy atom. The van der Waals surface area contributed by atoms with Crippen molar-refractivity contribution in [3.63, 3.8) is 0 Å². The minimum absolute atomic E-state index is 0.196. The molecule has 0 bridgehead atoms. The van der Waals surface area contributed by atoms with Crippen LogP contribution in [0.3, 0.4) is 0 Å². The summed E-state index contributed by atoms with van der Waals surface area (Å²) >= 11 is 1.71. The fourth-order valence-electron chi connectivity index (χ4n) is 1.53. The van der Waals surface area contributed by atoms with Crippen molar-refractivity contribution in [1.82, 2.24) is 5.32 Å². The van der Waals surface area contributed by atoms with Gasteiger partial charge in [-0.15, -0.1) is 11.3 Å². The lowest BCUT2D eigenvalue weighted by Crippen LogP contribution is -2.29. The van der Waals surface area contributed by atoms with Crippen molar-refractivity contribution in [3.8, 4) is 0 Å². The predicted octanol–water partition coefficient (Wildman–Crippen LogP) is 2.08. The van der Waals surface area contributed by atoms with Crippen LogP contribution in [0.25, 0.3) is 0 Å². The van der Waals surface area contributed by atoms with Crippen LogP contribution in [-0.2, 0) is 9.84 Å². The number of sulfone groups is 1.